The second-order valence-electron chi connectivity index (χ2n) is 4.81. The number of carbonyl (C=O) groups excluding carboxylic acids is 2. The number of primary amides is 1. The van der Waals surface area contributed by atoms with Crippen molar-refractivity contribution in [1.29, 1.82) is 0 Å². The molecule has 19 heavy (non-hydrogen) atoms. The van der Waals surface area contributed by atoms with Crippen LogP contribution in [0.25, 0.3) is 10.9 Å². The van der Waals surface area contributed by atoms with Crippen molar-refractivity contribution < 1.29 is 9.59 Å². The highest BCUT2D eigenvalue weighted by atomic mass is 16.2. The quantitative estimate of drug-likeness (QED) is 0.849. The van der Waals surface area contributed by atoms with Gasteiger partial charge in [0, 0.05) is 23.6 Å². The summed E-state index contributed by atoms with van der Waals surface area (Å²) >= 11 is 0. The minimum Gasteiger partial charge on any atom is -0.368 e. The second kappa shape index (κ2) is 4.42. The lowest BCUT2D eigenvalue weighted by Gasteiger charge is -2.21. The van der Waals surface area contributed by atoms with Gasteiger partial charge in [-0.2, -0.15) is 0 Å². The number of amides is 2. The average Bonchev–Trinajstić information content (AvgIpc) is 3.05. The van der Waals surface area contributed by atoms with Crippen LogP contribution in [0.1, 0.15) is 23.2 Å². The maximum Gasteiger partial charge on any atom is 0.256 e. The lowest BCUT2D eigenvalue weighted by atomic mass is 10.1. The number of likely N-dealkylation sites (tertiary alicyclic amines) is 1. The van der Waals surface area contributed by atoms with Crippen LogP contribution in [0, 0.1) is 0 Å². The molecule has 0 radical (unpaired) electrons. The van der Waals surface area contributed by atoms with Gasteiger partial charge < -0.3 is 15.6 Å². The summed E-state index contributed by atoms with van der Waals surface area (Å²) in [5, 5.41) is 0.877. The Morgan fingerprint density at radius 3 is 2.89 bits per heavy atom. The Morgan fingerprint density at radius 2 is 2.11 bits per heavy atom. The number of hydrogen-bond donors (Lipinski definition) is 2. The van der Waals surface area contributed by atoms with E-state index in [1.807, 2.05) is 24.3 Å². The number of fused-ring (bicyclic) bond motifs is 1. The number of hydrogen-bond acceptors (Lipinski definition) is 2. The molecule has 3 N–H and O–H groups in total. The van der Waals surface area contributed by atoms with Crippen molar-refractivity contribution >= 4 is 22.7 Å². The molecule has 1 atom stereocenters. The summed E-state index contributed by atoms with van der Waals surface area (Å²) in [7, 11) is 0. The van der Waals surface area contributed by atoms with E-state index >= 15 is 0 Å². The van der Waals surface area contributed by atoms with Gasteiger partial charge in [0.2, 0.25) is 5.91 Å². The van der Waals surface area contributed by atoms with Gasteiger partial charge in [0.05, 0.1) is 5.56 Å². The fraction of sp³-hybridized carbons (Fsp3) is 0.286. The largest absolute Gasteiger partial charge is 0.368 e. The topological polar surface area (TPSA) is 79.2 Å². The molecule has 2 aromatic rings. The minimum atomic E-state index is -0.471. The Morgan fingerprint density at radius 1 is 1.32 bits per heavy atom. The van der Waals surface area contributed by atoms with Gasteiger partial charge in [-0.25, -0.2) is 0 Å². The van der Waals surface area contributed by atoms with Gasteiger partial charge in [-0.05, 0) is 18.9 Å². The van der Waals surface area contributed by atoms with E-state index in [0.717, 1.165) is 17.3 Å². The van der Waals surface area contributed by atoms with Gasteiger partial charge in [-0.15, -0.1) is 0 Å². The molecule has 0 bridgehead atoms. The molecule has 98 valence electrons. The molecule has 1 fully saturated rings. The molecule has 3 rings (SSSR count). The van der Waals surface area contributed by atoms with Crippen LogP contribution in [0.15, 0.2) is 30.5 Å². The number of nitrogens with one attached hydrogen (secondary N) is 1. The predicted octanol–water partition coefficient (Wildman–Crippen LogP) is 1.26. The minimum absolute atomic E-state index is 0.126. The molecule has 1 aromatic heterocycles. The molecule has 2 amide bonds. The molecule has 0 aliphatic carbocycles. The summed E-state index contributed by atoms with van der Waals surface area (Å²) in [4.78, 5) is 28.6. The second-order valence-corrected chi connectivity index (χ2v) is 4.81. The number of carbonyl (C=O) groups is 2. The lowest BCUT2D eigenvalue weighted by molar-refractivity contribution is -0.121. The standard InChI is InChI=1S/C14H15N3O2/c15-13(18)12-6-3-7-17(12)14(19)10-8-16-11-5-2-1-4-9(10)11/h1-2,4-5,8,12,16H,3,6-7H2,(H2,15,18)/t12-/m0/s1. The SMILES string of the molecule is NC(=O)[C@@H]1CCCN1C(=O)c1c[nH]c2ccccc12. The normalized spacial score (nSPS) is 18.9. The van der Waals surface area contributed by atoms with Gasteiger partial charge in [-0.1, -0.05) is 18.2 Å². The molecular weight excluding hydrogens is 242 g/mol. The van der Waals surface area contributed by atoms with Crippen molar-refractivity contribution in [3.05, 3.63) is 36.0 Å². The molecule has 1 saturated heterocycles. The number of benzene rings is 1. The van der Waals surface area contributed by atoms with Crippen molar-refractivity contribution in [2.45, 2.75) is 18.9 Å². The number of aromatic nitrogens is 1. The number of nitrogens with zero attached hydrogens (tertiary/aromatic N) is 1. The Labute approximate surface area is 110 Å². The van der Waals surface area contributed by atoms with E-state index in [1.54, 1.807) is 11.1 Å². The zero-order valence-electron chi connectivity index (χ0n) is 10.4. The average molecular weight is 257 g/mol. The zero-order chi connectivity index (χ0) is 13.4. The van der Waals surface area contributed by atoms with Crippen molar-refractivity contribution in [3.63, 3.8) is 0 Å². The van der Waals surface area contributed by atoms with E-state index in [-0.39, 0.29) is 5.91 Å². The number of aromatic amines is 1. The van der Waals surface area contributed by atoms with Gasteiger partial charge >= 0.3 is 0 Å². The maximum atomic E-state index is 12.5. The van der Waals surface area contributed by atoms with Crippen LogP contribution in [0.2, 0.25) is 0 Å². The van der Waals surface area contributed by atoms with Crippen molar-refractivity contribution in [1.82, 2.24) is 9.88 Å². The Balaban J connectivity index is 1.98. The summed E-state index contributed by atoms with van der Waals surface area (Å²) in [5.41, 5.74) is 6.87. The first-order valence-electron chi connectivity index (χ1n) is 6.35. The highest BCUT2D eigenvalue weighted by molar-refractivity contribution is 6.07. The van der Waals surface area contributed by atoms with Crippen molar-refractivity contribution in [3.8, 4) is 0 Å². The smallest absolute Gasteiger partial charge is 0.256 e. The van der Waals surface area contributed by atoms with Crippen LogP contribution in [0.4, 0.5) is 0 Å². The fourth-order valence-corrected chi connectivity index (χ4v) is 2.71. The summed E-state index contributed by atoms with van der Waals surface area (Å²) in [6, 6.07) is 7.15. The van der Waals surface area contributed by atoms with E-state index in [1.165, 1.54) is 0 Å². The molecule has 1 aromatic carbocycles. The molecular formula is C14H15N3O2. The Kier molecular flexibility index (Phi) is 2.74. The summed E-state index contributed by atoms with van der Waals surface area (Å²) in [6.07, 6.45) is 3.18. The molecule has 5 nitrogen and oxygen atoms in total. The van der Waals surface area contributed by atoms with Crippen molar-refractivity contribution in [2.24, 2.45) is 5.73 Å². The third-order valence-corrected chi connectivity index (χ3v) is 3.66. The third kappa shape index (κ3) is 1.87. The molecule has 0 spiro atoms. The summed E-state index contributed by atoms with van der Waals surface area (Å²) in [5.74, 6) is -0.551. The van der Waals surface area contributed by atoms with Crippen molar-refractivity contribution in [2.75, 3.05) is 6.54 Å². The van der Waals surface area contributed by atoms with E-state index < -0.39 is 11.9 Å². The number of para-hydroxylation sites is 1. The summed E-state index contributed by atoms with van der Waals surface area (Å²) in [6.45, 7) is 0.589. The van der Waals surface area contributed by atoms with Gasteiger partial charge in [0.15, 0.2) is 0 Å². The Bertz CT molecular complexity index is 647. The van der Waals surface area contributed by atoms with E-state index in [0.29, 0.717) is 18.5 Å². The zero-order valence-corrected chi connectivity index (χ0v) is 10.4. The number of H-pyrrole nitrogens is 1. The highest BCUT2D eigenvalue weighted by Gasteiger charge is 2.33. The molecule has 5 heteroatoms. The molecule has 0 saturated carbocycles. The maximum absolute atomic E-state index is 12.5. The third-order valence-electron chi connectivity index (χ3n) is 3.66. The van der Waals surface area contributed by atoms with Crippen LogP contribution in [0.3, 0.4) is 0 Å². The van der Waals surface area contributed by atoms with Crippen LogP contribution in [-0.4, -0.2) is 34.3 Å². The number of rotatable bonds is 2. The van der Waals surface area contributed by atoms with Gasteiger partial charge in [0.25, 0.3) is 5.91 Å². The molecule has 1 aliphatic rings. The first kappa shape index (κ1) is 11.8. The van der Waals surface area contributed by atoms with Crippen LogP contribution in [-0.2, 0) is 4.79 Å². The molecule has 1 aliphatic heterocycles. The van der Waals surface area contributed by atoms with Gasteiger partial charge in [-0.3, -0.25) is 9.59 Å². The lowest BCUT2D eigenvalue weighted by Crippen LogP contribution is -2.43. The first-order chi connectivity index (χ1) is 9.18. The van der Waals surface area contributed by atoms with E-state index in [4.69, 9.17) is 5.73 Å². The van der Waals surface area contributed by atoms with Crippen LogP contribution >= 0.6 is 0 Å². The summed E-state index contributed by atoms with van der Waals surface area (Å²) < 4.78 is 0. The van der Waals surface area contributed by atoms with Crippen LogP contribution in [0.5, 0.6) is 0 Å². The first-order valence-corrected chi connectivity index (χ1v) is 6.35. The number of nitrogens with two attached hydrogens (primary N) is 1. The van der Waals surface area contributed by atoms with E-state index in [2.05, 4.69) is 4.98 Å². The fourth-order valence-electron chi connectivity index (χ4n) is 2.71. The molecule has 2 heterocycles. The highest BCUT2D eigenvalue weighted by Crippen LogP contribution is 2.24. The van der Waals surface area contributed by atoms with Crippen LogP contribution < -0.4 is 5.73 Å². The van der Waals surface area contributed by atoms with Gasteiger partial charge in [0.1, 0.15) is 6.04 Å². The monoisotopic (exact) mass is 257 g/mol. The Hall–Kier alpha value is -2.30. The van der Waals surface area contributed by atoms with E-state index in [9.17, 15) is 9.59 Å². The molecule has 0 unspecified atom stereocenters. The predicted molar refractivity (Wildman–Crippen MR) is 71.6 cm³/mol.